The number of para-hydroxylation sites is 1. The van der Waals surface area contributed by atoms with Crippen LogP contribution in [0.15, 0.2) is 72.8 Å². The van der Waals surface area contributed by atoms with Crippen molar-refractivity contribution in [2.75, 3.05) is 17.2 Å². The number of carbonyl (C=O) groups is 2. The lowest BCUT2D eigenvalue weighted by Gasteiger charge is -2.12. The molecule has 2 N–H and O–H groups in total. The highest BCUT2D eigenvalue weighted by atomic mass is 16.5. The second-order valence-corrected chi connectivity index (χ2v) is 6.68. The molecule has 0 aromatic heterocycles. The summed E-state index contributed by atoms with van der Waals surface area (Å²) >= 11 is 0. The number of anilines is 3. The van der Waals surface area contributed by atoms with Crippen molar-refractivity contribution in [3.63, 3.8) is 0 Å². The molecule has 148 valence electrons. The molecule has 0 spiro atoms. The molecule has 0 saturated carbocycles. The maximum absolute atomic E-state index is 12.2. The molecule has 0 heterocycles. The Labute approximate surface area is 170 Å². The van der Waals surface area contributed by atoms with Crippen molar-refractivity contribution in [3.8, 4) is 0 Å². The van der Waals surface area contributed by atoms with Crippen LogP contribution in [0.2, 0.25) is 0 Å². The number of carbonyl (C=O) groups excluding carboxylic acids is 2. The van der Waals surface area contributed by atoms with Gasteiger partial charge in [0.15, 0.2) is 0 Å². The summed E-state index contributed by atoms with van der Waals surface area (Å²) in [6, 6.07) is 22.5. The predicted molar refractivity (Wildman–Crippen MR) is 116 cm³/mol. The van der Waals surface area contributed by atoms with Gasteiger partial charge in [-0.2, -0.15) is 0 Å². The van der Waals surface area contributed by atoms with Gasteiger partial charge >= 0.3 is 5.97 Å². The van der Waals surface area contributed by atoms with E-state index in [0.29, 0.717) is 30.0 Å². The van der Waals surface area contributed by atoms with Crippen LogP contribution < -0.4 is 10.6 Å². The Balaban J connectivity index is 1.63. The molecule has 29 heavy (non-hydrogen) atoms. The molecule has 0 saturated heterocycles. The van der Waals surface area contributed by atoms with E-state index in [0.717, 1.165) is 11.3 Å². The van der Waals surface area contributed by atoms with E-state index in [9.17, 15) is 9.59 Å². The standard InChI is InChI=1S/C24H24N2O3/c1-3-29-24(28)21-6-4-5-7-22(21)25-19-12-14-20(15-13-19)26-23(27)16-18-10-8-17(2)9-11-18/h4-15,25H,3,16H2,1-2H3,(H,26,27). The predicted octanol–water partition coefficient (Wildman–Crippen LogP) is 5.10. The van der Waals surface area contributed by atoms with Gasteiger partial charge in [-0.3, -0.25) is 4.79 Å². The Bertz CT molecular complexity index is 980. The molecule has 0 unspecified atom stereocenters. The summed E-state index contributed by atoms with van der Waals surface area (Å²) in [7, 11) is 0. The van der Waals surface area contributed by atoms with Crippen molar-refractivity contribution in [2.45, 2.75) is 20.3 Å². The van der Waals surface area contributed by atoms with Crippen molar-refractivity contribution >= 4 is 28.9 Å². The zero-order valence-corrected chi connectivity index (χ0v) is 16.6. The molecule has 0 aliphatic rings. The van der Waals surface area contributed by atoms with Crippen LogP contribution in [-0.2, 0) is 16.0 Å². The third kappa shape index (κ3) is 5.69. The Morgan fingerprint density at radius 2 is 1.52 bits per heavy atom. The smallest absolute Gasteiger partial charge is 0.340 e. The molecule has 0 aliphatic heterocycles. The largest absolute Gasteiger partial charge is 0.462 e. The van der Waals surface area contributed by atoms with Gasteiger partial charge in [-0.05, 0) is 55.8 Å². The summed E-state index contributed by atoms with van der Waals surface area (Å²) in [6.45, 7) is 4.12. The van der Waals surface area contributed by atoms with Gasteiger partial charge < -0.3 is 15.4 Å². The van der Waals surface area contributed by atoms with E-state index in [1.807, 2.05) is 67.6 Å². The quantitative estimate of drug-likeness (QED) is 0.553. The Morgan fingerprint density at radius 3 is 2.21 bits per heavy atom. The van der Waals surface area contributed by atoms with Gasteiger partial charge in [0, 0.05) is 11.4 Å². The number of hydrogen-bond acceptors (Lipinski definition) is 4. The number of benzene rings is 3. The van der Waals surface area contributed by atoms with Gasteiger partial charge in [0.1, 0.15) is 0 Å². The van der Waals surface area contributed by atoms with Crippen LogP contribution in [-0.4, -0.2) is 18.5 Å². The van der Waals surface area contributed by atoms with Crippen molar-refractivity contribution in [1.29, 1.82) is 0 Å². The van der Waals surface area contributed by atoms with E-state index in [4.69, 9.17) is 4.74 Å². The molecule has 0 fully saturated rings. The van der Waals surface area contributed by atoms with Gasteiger partial charge in [0.2, 0.25) is 5.91 Å². The third-order valence-electron chi connectivity index (χ3n) is 4.36. The van der Waals surface area contributed by atoms with Gasteiger partial charge in [-0.25, -0.2) is 4.79 Å². The molecule has 0 bridgehead atoms. The highest BCUT2D eigenvalue weighted by Gasteiger charge is 2.12. The van der Waals surface area contributed by atoms with Crippen molar-refractivity contribution in [1.82, 2.24) is 0 Å². The SMILES string of the molecule is CCOC(=O)c1ccccc1Nc1ccc(NC(=O)Cc2ccc(C)cc2)cc1. The van der Waals surface area contributed by atoms with Crippen molar-refractivity contribution in [3.05, 3.63) is 89.5 Å². The summed E-state index contributed by atoms with van der Waals surface area (Å²) in [4.78, 5) is 24.3. The minimum Gasteiger partial charge on any atom is -0.462 e. The molecule has 3 rings (SSSR count). The van der Waals surface area contributed by atoms with Gasteiger partial charge in [-0.1, -0.05) is 42.0 Å². The average Bonchev–Trinajstić information content (AvgIpc) is 2.72. The summed E-state index contributed by atoms with van der Waals surface area (Å²) in [5, 5.41) is 6.13. The van der Waals surface area contributed by atoms with E-state index < -0.39 is 0 Å². The van der Waals surface area contributed by atoms with Crippen molar-refractivity contribution < 1.29 is 14.3 Å². The van der Waals surface area contributed by atoms with Crippen LogP contribution in [0.3, 0.4) is 0 Å². The van der Waals surface area contributed by atoms with Crippen molar-refractivity contribution in [2.24, 2.45) is 0 Å². The first-order valence-electron chi connectivity index (χ1n) is 9.54. The first-order chi connectivity index (χ1) is 14.0. The number of rotatable bonds is 7. The lowest BCUT2D eigenvalue weighted by molar-refractivity contribution is -0.115. The molecule has 0 aliphatic carbocycles. The second kappa shape index (κ2) is 9.55. The fourth-order valence-electron chi connectivity index (χ4n) is 2.87. The molecule has 0 radical (unpaired) electrons. The van der Waals surface area contributed by atoms with E-state index in [1.54, 1.807) is 19.1 Å². The highest BCUT2D eigenvalue weighted by molar-refractivity contribution is 5.96. The molecular weight excluding hydrogens is 364 g/mol. The van der Waals surface area contributed by atoms with Crippen LogP contribution >= 0.6 is 0 Å². The van der Waals surface area contributed by atoms with Crippen LogP contribution in [0.25, 0.3) is 0 Å². The number of hydrogen-bond donors (Lipinski definition) is 2. The zero-order chi connectivity index (χ0) is 20.6. The molecular formula is C24H24N2O3. The molecule has 5 heteroatoms. The van der Waals surface area contributed by atoms with E-state index in [1.165, 1.54) is 5.56 Å². The number of ether oxygens (including phenoxy) is 1. The highest BCUT2D eigenvalue weighted by Crippen LogP contribution is 2.23. The lowest BCUT2D eigenvalue weighted by Crippen LogP contribution is -2.14. The van der Waals surface area contributed by atoms with E-state index in [-0.39, 0.29) is 11.9 Å². The first-order valence-corrected chi connectivity index (χ1v) is 9.54. The molecule has 1 amide bonds. The lowest BCUT2D eigenvalue weighted by atomic mass is 10.1. The van der Waals surface area contributed by atoms with Crippen LogP contribution in [0.4, 0.5) is 17.1 Å². The monoisotopic (exact) mass is 388 g/mol. The maximum Gasteiger partial charge on any atom is 0.340 e. The molecule has 0 atom stereocenters. The van der Waals surface area contributed by atoms with Crippen LogP contribution in [0.5, 0.6) is 0 Å². The Morgan fingerprint density at radius 1 is 0.862 bits per heavy atom. The van der Waals surface area contributed by atoms with Gasteiger partial charge in [0.25, 0.3) is 0 Å². The third-order valence-corrected chi connectivity index (χ3v) is 4.36. The minimum absolute atomic E-state index is 0.0674. The molecule has 3 aromatic carbocycles. The summed E-state index contributed by atoms with van der Waals surface area (Å²) in [5.74, 6) is -0.433. The second-order valence-electron chi connectivity index (χ2n) is 6.68. The van der Waals surface area contributed by atoms with Gasteiger partial charge in [0.05, 0.1) is 24.3 Å². The van der Waals surface area contributed by atoms with E-state index in [2.05, 4.69) is 10.6 Å². The number of nitrogens with one attached hydrogen (secondary N) is 2. The maximum atomic E-state index is 12.2. The number of amides is 1. The normalized spacial score (nSPS) is 10.3. The zero-order valence-electron chi connectivity index (χ0n) is 16.6. The number of esters is 1. The Kier molecular flexibility index (Phi) is 6.63. The topological polar surface area (TPSA) is 67.4 Å². The summed E-state index contributed by atoms with van der Waals surface area (Å²) in [6.07, 6.45) is 0.327. The summed E-state index contributed by atoms with van der Waals surface area (Å²) in [5.41, 5.74) is 4.81. The molecule has 3 aromatic rings. The van der Waals surface area contributed by atoms with E-state index >= 15 is 0 Å². The fourth-order valence-corrected chi connectivity index (χ4v) is 2.87. The summed E-state index contributed by atoms with van der Waals surface area (Å²) < 4.78 is 5.10. The molecule has 5 nitrogen and oxygen atoms in total. The number of aryl methyl sites for hydroxylation is 1. The van der Waals surface area contributed by atoms with Crippen LogP contribution in [0.1, 0.15) is 28.4 Å². The van der Waals surface area contributed by atoms with Crippen LogP contribution in [0, 0.1) is 6.92 Å². The minimum atomic E-state index is -0.365. The average molecular weight is 388 g/mol. The first kappa shape index (κ1) is 20.1. The fraction of sp³-hybridized carbons (Fsp3) is 0.167. The van der Waals surface area contributed by atoms with Gasteiger partial charge in [-0.15, -0.1) is 0 Å². The Hall–Kier alpha value is -3.60.